The molecule has 0 spiro atoms. The Morgan fingerprint density at radius 3 is 2.56 bits per heavy atom. The van der Waals surface area contributed by atoms with Crippen molar-refractivity contribution in [2.24, 2.45) is 0 Å². The number of carboxylic acid groups (broad SMARTS) is 1. The molecular weight excluding hydrogens is 248 g/mol. The summed E-state index contributed by atoms with van der Waals surface area (Å²) in [6.07, 6.45) is 2.93. The zero-order valence-corrected chi connectivity index (χ0v) is 10.2. The fourth-order valence-electron chi connectivity index (χ4n) is 1.50. The molecule has 0 bridgehead atoms. The summed E-state index contributed by atoms with van der Waals surface area (Å²) in [4.78, 5) is 23.4. The first-order chi connectivity index (χ1) is 8.68. The van der Waals surface area contributed by atoms with Gasteiger partial charge in [-0.05, 0) is 29.2 Å². The Morgan fingerprint density at radius 2 is 1.89 bits per heavy atom. The number of thiophene rings is 1. The van der Waals surface area contributed by atoms with Crippen molar-refractivity contribution in [2.45, 2.75) is 0 Å². The van der Waals surface area contributed by atoms with Crippen LogP contribution in [0.3, 0.4) is 0 Å². The second-order valence-electron chi connectivity index (χ2n) is 3.57. The van der Waals surface area contributed by atoms with Gasteiger partial charge in [0.2, 0.25) is 0 Å². The molecule has 0 saturated carbocycles. The summed E-state index contributed by atoms with van der Waals surface area (Å²) in [5.74, 6) is -1.12. The van der Waals surface area contributed by atoms with Crippen molar-refractivity contribution in [3.05, 3.63) is 63.9 Å². The topological polar surface area (TPSA) is 54.4 Å². The Balaban J connectivity index is 2.24. The van der Waals surface area contributed by atoms with Crippen LogP contribution in [0.4, 0.5) is 0 Å². The van der Waals surface area contributed by atoms with Crippen molar-refractivity contribution in [3.8, 4) is 0 Å². The Morgan fingerprint density at radius 1 is 1.11 bits per heavy atom. The number of ketones is 1. The molecule has 1 aromatic heterocycles. The van der Waals surface area contributed by atoms with Crippen LogP contribution in [-0.4, -0.2) is 16.9 Å². The highest BCUT2D eigenvalue weighted by Crippen LogP contribution is 2.14. The molecule has 0 aliphatic rings. The molecule has 18 heavy (non-hydrogen) atoms. The van der Waals surface area contributed by atoms with E-state index in [2.05, 4.69) is 0 Å². The molecule has 0 saturated heterocycles. The minimum absolute atomic E-state index is 0.120. The van der Waals surface area contributed by atoms with Crippen LogP contribution >= 0.6 is 11.3 Å². The third kappa shape index (κ3) is 2.73. The molecule has 0 amide bonds. The molecule has 0 aliphatic heterocycles. The summed E-state index contributed by atoms with van der Waals surface area (Å²) in [5.41, 5.74) is 0.711. The normalized spacial score (nSPS) is 10.7. The quantitative estimate of drug-likeness (QED) is 0.676. The molecule has 0 unspecified atom stereocenters. The van der Waals surface area contributed by atoms with Crippen LogP contribution in [0.5, 0.6) is 0 Å². The number of carboxylic acids is 1. The van der Waals surface area contributed by atoms with E-state index < -0.39 is 5.97 Å². The van der Waals surface area contributed by atoms with Gasteiger partial charge in [0.15, 0.2) is 5.78 Å². The third-order valence-corrected chi connectivity index (χ3v) is 3.25. The highest BCUT2D eigenvalue weighted by molar-refractivity contribution is 7.12. The van der Waals surface area contributed by atoms with Gasteiger partial charge in [0.1, 0.15) is 0 Å². The molecule has 0 radical (unpaired) electrons. The van der Waals surface area contributed by atoms with E-state index in [1.165, 1.54) is 29.6 Å². The van der Waals surface area contributed by atoms with Crippen molar-refractivity contribution < 1.29 is 14.7 Å². The van der Waals surface area contributed by atoms with Gasteiger partial charge in [-0.25, -0.2) is 4.79 Å². The predicted molar refractivity (Wildman–Crippen MR) is 71.1 cm³/mol. The van der Waals surface area contributed by atoms with Gasteiger partial charge in [0.25, 0.3) is 0 Å². The van der Waals surface area contributed by atoms with Crippen LogP contribution in [0, 0.1) is 0 Å². The monoisotopic (exact) mass is 258 g/mol. The second kappa shape index (κ2) is 5.42. The van der Waals surface area contributed by atoms with E-state index in [9.17, 15) is 9.59 Å². The predicted octanol–water partition coefficient (Wildman–Crippen LogP) is 3.34. The minimum atomic E-state index is -1.00. The van der Waals surface area contributed by atoms with E-state index in [0.29, 0.717) is 10.4 Å². The summed E-state index contributed by atoms with van der Waals surface area (Å²) in [6, 6.07) is 10.1. The van der Waals surface area contributed by atoms with Gasteiger partial charge < -0.3 is 5.11 Å². The molecule has 0 atom stereocenters. The summed E-state index contributed by atoms with van der Waals surface area (Å²) in [5, 5.41) is 10.8. The van der Waals surface area contributed by atoms with Crippen molar-refractivity contribution >= 4 is 29.2 Å². The van der Waals surface area contributed by atoms with E-state index in [1.807, 2.05) is 5.38 Å². The number of hydrogen-bond donors (Lipinski definition) is 1. The van der Waals surface area contributed by atoms with Crippen molar-refractivity contribution in [2.75, 3.05) is 0 Å². The Hall–Kier alpha value is -2.20. The van der Waals surface area contributed by atoms with Crippen LogP contribution in [0.15, 0.2) is 47.9 Å². The summed E-state index contributed by atoms with van der Waals surface area (Å²) in [6.45, 7) is 0. The zero-order chi connectivity index (χ0) is 13.0. The van der Waals surface area contributed by atoms with Crippen LogP contribution in [0.25, 0.3) is 6.08 Å². The van der Waals surface area contributed by atoms with Crippen LogP contribution < -0.4 is 0 Å². The maximum absolute atomic E-state index is 11.7. The van der Waals surface area contributed by atoms with Gasteiger partial charge in [0.05, 0.1) is 10.4 Å². The number of benzene rings is 1. The Kier molecular flexibility index (Phi) is 3.69. The molecule has 2 aromatic rings. The van der Waals surface area contributed by atoms with E-state index >= 15 is 0 Å². The number of rotatable bonds is 4. The van der Waals surface area contributed by atoms with E-state index in [4.69, 9.17) is 5.11 Å². The number of carbonyl (C=O) groups excluding carboxylic acids is 1. The molecule has 2 rings (SSSR count). The fourth-order valence-corrected chi connectivity index (χ4v) is 2.15. The first-order valence-corrected chi connectivity index (χ1v) is 6.14. The van der Waals surface area contributed by atoms with Gasteiger partial charge in [-0.3, -0.25) is 4.79 Å². The van der Waals surface area contributed by atoms with Crippen LogP contribution in [0.1, 0.15) is 25.6 Å². The van der Waals surface area contributed by atoms with Gasteiger partial charge in [-0.2, -0.15) is 0 Å². The van der Waals surface area contributed by atoms with Gasteiger partial charge in [-0.1, -0.05) is 30.3 Å². The third-order valence-electron chi connectivity index (χ3n) is 2.37. The number of hydrogen-bond acceptors (Lipinski definition) is 3. The molecule has 90 valence electrons. The molecule has 1 N–H and O–H groups in total. The molecule has 3 nitrogen and oxygen atoms in total. The smallest absolute Gasteiger partial charge is 0.336 e. The van der Waals surface area contributed by atoms with Gasteiger partial charge in [0, 0.05) is 0 Å². The standard InChI is InChI=1S/C14H10O3S/c15-12(13-6-3-9-18-13)8-7-10-4-1-2-5-11(10)14(16)17/h1-9H,(H,16,17)/b8-7+. The lowest BCUT2D eigenvalue weighted by Crippen LogP contribution is -1.99. The lowest BCUT2D eigenvalue weighted by Gasteiger charge is -1.99. The average Bonchev–Trinajstić information content (AvgIpc) is 2.90. The zero-order valence-electron chi connectivity index (χ0n) is 9.37. The van der Waals surface area contributed by atoms with Crippen molar-refractivity contribution in [3.63, 3.8) is 0 Å². The summed E-state index contributed by atoms with van der Waals surface area (Å²) >= 11 is 1.36. The minimum Gasteiger partial charge on any atom is -0.478 e. The molecule has 0 aliphatic carbocycles. The first kappa shape index (κ1) is 12.3. The Bertz CT molecular complexity index is 597. The molecule has 1 heterocycles. The number of carbonyl (C=O) groups is 2. The molecule has 0 fully saturated rings. The van der Waals surface area contributed by atoms with E-state index in [0.717, 1.165) is 0 Å². The summed E-state index contributed by atoms with van der Waals surface area (Å²) < 4.78 is 0. The molecule has 4 heteroatoms. The van der Waals surface area contributed by atoms with Gasteiger partial charge in [-0.15, -0.1) is 11.3 Å². The SMILES string of the molecule is O=C(/C=C/c1ccccc1C(=O)O)c1cccs1. The van der Waals surface area contributed by atoms with Crippen LogP contribution in [0.2, 0.25) is 0 Å². The van der Waals surface area contributed by atoms with Crippen LogP contribution in [-0.2, 0) is 0 Å². The maximum atomic E-state index is 11.7. The first-order valence-electron chi connectivity index (χ1n) is 5.27. The lowest BCUT2D eigenvalue weighted by molar-refractivity contribution is 0.0696. The molecule has 1 aromatic carbocycles. The van der Waals surface area contributed by atoms with Gasteiger partial charge >= 0.3 is 5.97 Å². The second-order valence-corrected chi connectivity index (χ2v) is 4.51. The highest BCUT2D eigenvalue weighted by atomic mass is 32.1. The fraction of sp³-hybridized carbons (Fsp3) is 0. The average molecular weight is 258 g/mol. The summed E-state index contributed by atoms with van der Waals surface area (Å²) in [7, 11) is 0. The van der Waals surface area contributed by atoms with E-state index in [1.54, 1.807) is 30.3 Å². The number of allylic oxidation sites excluding steroid dienone is 1. The molecular formula is C14H10O3S. The number of aromatic carboxylic acids is 1. The Labute approximate surface area is 108 Å². The maximum Gasteiger partial charge on any atom is 0.336 e. The van der Waals surface area contributed by atoms with E-state index in [-0.39, 0.29) is 11.3 Å². The highest BCUT2D eigenvalue weighted by Gasteiger charge is 2.07. The van der Waals surface area contributed by atoms with Crippen molar-refractivity contribution in [1.29, 1.82) is 0 Å². The lowest BCUT2D eigenvalue weighted by atomic mass is 10.1. The van der Waals surface area contributed by atoms with Crippen molar-refractivity contribution in [1.82, 2.24) is 0 Å². The largest absolute Gasteiger partial charge is 0.478 e.